The van der Waals surface area contributed by atoms with Crippen LogP contribution in [0.5, 0.6) is 0 Å². The Hall–Kier alpha value is -1.06. The van der Waals surface area contributed by atoms with E-state index in [4.69, 9.17) is 0 Å². The third-order valence-electron chi connectivity index (χ3n) is 2.36. The molecule has 0 rings (SSSR count). The second kappa shape index (κ2) is 5.14. The average Bonchev–Trinajstić information content (AvgIpc) is 2.09. The Labute approximate surface area is 92.0 Å². The summed E-state index contributed by atoms with van der Waals surface area (Å²) in [6, 6.07) is -0.633. The predicted octanol–water partition coefficient (Wildman–Crippen LogP) is 1.65. The number of rotatable bonds is 3. The lowest BCUT2D eigenvalue weighted by molar-refractivity contribution is -0.121. The van der Waals surface area contributed by atoms with Crippen LogP contribution in [0.3, 0.4) is 0 Å². The Morgan fingerprint density at radius 3 is 2.07 bits per heavy atom. The van der Waals surface area contributed by atoms with Crippen molar-refractivity contribution in [3.05, 3.63) is 0 Å². The zero-order valence-electron chi connectivity index (χ0n) is 10.5. The molecule has 0 spiro atoms. The second-order valence-electron chi connectivity index (χ2n) is 4.87. The lowest BCUT2D eigenvalue weighted by Crippen LogP contribution is -2.51. The summed E-state index contributed by atoms with van der Waals surface area (Å²) in [5, 5.41) is 2.74. The first-order valence-corrected chi connectivity index (χ1v) is 5.22. The lowest BCUT2D eigenvalue weighted by Gasteiger charge is -2.30. The van der Waals surface area contributed by atoms with Gasteiger partial charge in [-0.15, -0.1) is 0 Å². The maximum absolute atomic E-state index is 11.6. The van der Waals surface area contributed by atoms with E-state index in [2.05, 4.69) is 5.32 Å². The summed E-state index contributed by atoms with van der Waals surface area (Å²) >= 11 is 0. The van der Waals surface area contributed by atoms with E-state index in [-0.39, 0.29) is 17.2 Å². The minimum Gasteiger partial charge on any atom is -0.328 e. The molecule has 0 bridgehead atoms. The SMILES string of the molecule is CCN(C)C(=O)N[C@H](C(C)=O)C(C)(C)C. The molecule has 15 heavy (non-hydrogen) atoms. The molecule has 0 aromatic rings. The molecular formula is C11H22N2O2. The number of hydrogen-bond acceptors (Lipinski definition) is 2. The van der Waals surface area contributed by atoms with Crippen molar-refractivity contribution in [3.8, 4) is 0 Å². The van der Waals surface area contributed by atoms with Crippen LogP contribution in [0.1, 0.15) is 34.6 Å². The zero-order chi connectivity index (χ0) is 12.2. The molecule has 0 aliphatic rings. The van der Waals surface area contributed by atoms with Gasteiger partial charge in [-0.25, -0.2) is 4.79 Å². The van der Waals surface area contributed by atoms with Crippen LogP contribution >= 0.6 is 0 Å². The van der Waals surface area contributed by atoms with Crippen molar-refractivity contribution in [1.29, 1.82) is 0 Å². The normalized spacial score (nSPS) is 13.2. The third-order valence-corrected chi connectivity index (χ3v) is 2.36. The minimum atomic E-state index is -0.431. The summed E-state index contributed by atoms with van der Waals surface area (Å²) in [4.78, 5) is 24.5. The molecule has 4 heteroatoms. The van der Waals surface area contributed by atoms with Crippen molar-refractivity contribution in [2.45, 2.75) is 40.7 Å². The van der Waals surface area contributed by atoms with E-state index in [1.54, 1.807) is 11.9 Å². The van der Waals surface area contributed by atoms with Gasteiger partial charge in [-0.1, -0.05) is 20.8 Å². The largest absolute Gasteiger partial charge is 0.328 e. The van der Waals surface area contributed by atoms with Gasteiger partial charge in [-0.2, -0.15) is 0 Å². The Morgan fingerprint density at radius 1 is 1.33 bits per heavy atom. The van der Waals surface area contributed by atoms with Gasteiger partial charge in [-0.3, -0.25) is 4.79 Å². The molecule has 0 aliphatic carbocycles. The molecule has 4 nitrogen and oxygen atoms in total. The predicted molar refractivity (Wildman–Crippen MR) is 60.8 cm³/mol. The van der Waals surface area contributed by atoms with Gasteiger partial charge >= 0.3 is 6.03 Å². The summed E-state index contributed by atoms with van der Waals surface area (Å²) in [5.74, 6) is -0.0136. The van der Waals surface area contributed by atoms with Crippen molar-refractivity contribution in [2.24, 2.45) is 5.41 Å². The lowest BCUT2D eigenvalue weighted by atomic mass is 9.84. The van der Waals surface area contributed by atoms with E-state index in [9.17, 15) is 9.59 Å². The van der Waals surface area contributed by atoms with Gasteiger partial charge in [0.15, 0.2) is 5.78 Å². The van der Waals surface area contributed by atoms with Crippen LogP contribution in [0.25, 0.3) is 0 Å². The van der Waals surface area contributed by atoms with Gasteiger partial charge in [0.1, 0.15) is 0 Å². The van der Waals surface area contributed by atoms with E-state index >= 15 is 0 Å². The molecule has 0 aromatic carbocycles. The third kappa shape index (κ3) is 4.32. The first kappa shape index (κ1) is 13.9. The Balaban J connectivity index is 4.58. The molecule has 1 atom stereocenters. The smallest absolute Gasteiger partial charge is 0.317 e. The summed E-state index contributed by atoms with van der Waals surface area (Å²) < 4.78 is 0. The van der Waals surface area contributed by atoms with Gasteiger partial charge in [0.2, 0.25) is 0 Å². The second-order valence-corrected chi connectivity index (χ2v) is 4.87. The number of urea groups is 1. The number of nitrogens with zero attached hydrogens (tertiary/aromatic N) is 1. The Bertz CT molecular complexity index is 243. The maximum atomic E-state index is 11.6. The molecule has 88 valence electrons. The minimum absolute atomic E-state index is 0.0136. The number of Topliss-reactive ketones (excluding diaryl/α,β-unsaturated/α-hetero) is 1. The molecule has 0 radical (unpaired) electrons. The molecule has 0 heterocycles. The highest BCUT2D eigenvalue weighted by molar-refractivity contribution is 5.87. The number of ketones is 1. The van der Waals surface area contributed by atoms with Crippen molar-refractivity contribution in [1.82, 2.24) is 10.2 Å². The quantitative estimate of drug-likeness (QED) is 0.776. The number of nitrogens with one attached hydrogen (secondary N) is 1. The van der Waals surface area contributed by atoms with Gasteiger partial charge < -0.3 is 10.2 Å². The summed E-state index contributed by atoms with van der Waals surface area (Å²) in [7, 11) is 1.70. The Morgan fingerprint density at radius 2 is 1.80 bits per heavy atom. The number of hydrogen-bond donors (Lipinski definition) is 1. The zero-order valence-corrected chi connectivity index (χ0v) is 10.5. The molecular weight excluding hydrogens is 192 g/mol. The van der Waals surface area contributed by atoms with Gasteiger partial charge in [0.25, 0.3) is 0 Å². The van der Waals surface area contributed by atoms with Gasteiger partial charge in [0.05, 0.1) is 6.04 Å². The van der Waals surface area contributed by atoms with E-state index in [0.29, 0.717) is 6.54 Å². The highest BCUT2D eigenvalue weighted by Crippen LogP contribution is 2.20. The monoisotopic (exact) mass is 214 g/mol. The molecule has 2 amide bonds. The molecule has 0 saturated heterocycles. The molecule has 0 fully saturated rings. The van der Waals surface area contributed by atoms with Crippen LogP contribution in [0.4, 0.5) is 4.79 Å². The first-order valence-electron chi connectivity index (χ1n) is 5.22. The van der Waals surface area contributed by atoms with Crippen LogP contribution in [0.15, 0.2) is 0 Å². The first-order chi connectivity index (χ1) is 6.70. The van der Waals surface area contributed by atoms with E-state index < -0.39 is 6.04 Å². The standard InChI is InChI=1S/C11H22N2O2/c1-7-13(6)10(15)12-9(8(2)14)11(3,4)5/h9H,7H2,1-6H3,(H,12,15)/t9-/m1/s1. The molecule has 0 aliphatic heterocycles. The highest BCUT2D eigenvalue weighted by atomic mass is 16.2. The van der Waals surface area contributed by atoms with Crippen LogP contribution in [-0.4, -0.2) is 36.3 Å². The molecule has 0 unspecified atom stereocenters. The van der Waals surface area contributed by atoms with Crippen molar-refractivity contribution >= 4 is 11.8 Å². The fraction of sp³-hybridized carbons (Fsp3) is 0.818. The number of carbonyl (C=O) groups is 2. The topological polar surface area (TPSA) is 49.4 Å². The van der Waals surface area contributed by atoms with Gasteiger partial charge in [0, 0.05) is 13.6 Å². The van der Waals surface area contributed by atoms with Crippen molar-refractivity contribution in [3.63, 3.8) is 0 Å². The summed E-state index contributed by atoms with van der Waals surface area (Å²) in [5.41, 5.74) is -0.254. The summed E-state index contributed by atoms with van der Waals surface area (Å²) in [6.45, 7) is 9.82. The number of carbonyl (C=O) groups excluding carboxylic acids is 2. The van der Waals surface area contributed by atoms with Crippen LogP contribution in [-0.2, 0) is 4.79 Å². The average molecular weight is 214 g/mol. The van der Waals surface area contributed by atoms with E-state index in [0.717, 1.165) is 0 Å². The molecule has 1 N–H and O–H groups in total. The van der Waals surface area contributed by atoms with Crippen LogP contribution in [0, 0.1) is 5.41 Å². The van der Waals surface area contributed by atoms with Crippen molar-refractivity contribution < 1.29 is 9.59 Å². The fourth-order valence-corrected chi connectivity index (χ4v) is 1.31. The van der Waals surface area contributed by atoms with Crippen LogP contribution < -0.4 is 5.32 Å². The van der Waals surface area contributed by atoms with Crippen LogP contribution in [0.2, 0.25) is 0 Å². The molecule has 0 saturated carbocycles. The molecule has 0 aromatic heterocycles. The van der Waals surface area contributed by atoms with E-state index in [1.165, 1.54) is 6.92 Å². The van der Waals surface area contributed by atoms with E-state index in [1.807, 2.05) is 27.7 Å². The highest BCUT2D eigenvalue weighted by Gasteiger charge is 2.30. The fourth-order valence-electron chi connectivity index (χ4n) is 1.31. The van der Waals surface area contributed by atoms with Crippen molar-refractivity contribution in [2.75, 3.05) is 13.6 Å². The Kier molecular flexibility index (Phi) is 4.78. The summed E-state index contributed by atoms with van der Waals surface area (Å²) in [6.07, 6.45) is 0. The maximum Gasteiger partial charge on any atom is 0.317 e. The number of amides is 2. The van der Waals surface area contributed by atoms with Gasteiger partial charge in [-0.05, 0) is 19.3 Å².